The van der Waals surface area contributed by atoms with Crippen LogP contribution in [0.4, 0.5) is 0 Å². The van der Waals surface area contributed by atoms with Crippen molar-refractivity contribution in [2.24, 2.45) is 5.10 Å². The molecule has 2 aromatic carbocycles. The number of phenolic OH excluding ortho intramolecular Hbond substituents is 1. The van der Waals surface area contributed by atoms with Gasteiger partial charge in [-0.2, -0.15) is 9.78 Å². The van der Waals surface area contributed by atoms with Crippen molar-refractivity contribution < 1.29 is 9.84 Å². The number of hydrogen-bond acceptors (Lipinski definition) is 5. The van der Waals surface area contributed by atoms with Crippen LogP contribution in [0.3, 0.4) is 0 Å². The molecule has 0 saturated heterocycles. The van der Waals surface area contributed by atoms with E-state index in [-0.39, 0.29) is 11.3 Å². The first-order valence-corrected chi connectivity index (χ1v) is 7.56. The van der Waals surface area contributed by atoms with E-state index in [1.807, 2.05) is 18.2 Å². The van der Waals surface area contributed by atoms with Gasteiger partial charge in [0.15, 0.2) is 0 Å². The number of aromatic hydroxyl groups is 1. The van der Waals surface area contributed by atoms with Crippen LogP contribution in [0, 0.1) is 0 Å². The largest absolute Gasteiger partial charge is 0.508 e. The lowest BCUT2D eigenvalue weighted by Crippen LogP contribution is -2.17. The van der Waals surface area contributed by atoms with Gasteiger partial charge in [-0.25, -0.2) is 4.98 Å². The summed E-state index contributed by atoms with van der Waals surface area (Å²) in [5.41, 5.74) is 2.22. The molecule has 2 heterocycles. The molecule has 0 spiro atoms. The number of nitrogens with zero attached hydrogens (tertiary/aromatic N) is 3. The maximum atomic E-state index is 12.6. The quantitative estimate of drug-likeness (QED) is 0.563. The Hall–Kier alpha value is -3.61. The Morgan fingerprint density at radius 2 is 2.04 bits per heavy atom. The summed E-state index contributed by atoms with van der Waals surface area (Å²) >= 11 is 0. The van der Waals surface area contributed by atoms with Crippen molar-refractivity contribution in [2.45, 2.75) is 0 Å². The first-order valence-electron chi connectivity index (χ1n) is 7.56. The van der Waals surface area contributed by atoms with Crippen molar-refractivity contribution in [1.82, 2.24) is 14.6 Å². The van der Waals surface area contributed by atoms with E-state index in [1.54, 1.807) is 31.4 Å². The summed E-state index contributed by atoms with van der Waals surface area (Å²) < 4.78 is 6.37. The number of rotatable bonds is 3. The number of H-pyrrole nitrogens is 1. The molecule has 7 nitrogen and oxygen atoms in total. The Morgan fingerprint density at radius 3 is 2.80 bits per heavy atom. The molecule has 0 bridgehead atoms. The van der Waals surface area contributed by atoms with Crippen LogP contribution in [0.25, 0.3) is 21.9 Å². The van der Waals surface area contributed by atoms with E-state index in [2.05, 4.69) is 15.1 Å². The van der Waals surface area contributed by atoms with Gasteiger partial charge < -0.3 is 14.8 Å². The molecule has 7 heteroatoms. The number of fused-ring (bicyclic) bond motifs is 3. The highest BCUT2D eigenvalue weighted by molar-refractivity contribution is 6.04. The molecule has 124 valence electrons. The number of benzene rings is 2. The first kappa shape index (κ1) is 14.9. The van der Waals surface area contributed by atoms with Gasteiger partial charge in [-0.05, 0) is 42.0 Å². The van der Waals surface area contributed by atoms with E-state index in [1.165, 1.54) is 17.2 Å². The molecule has 4 aromatic rings. The Bertz CT molecular complexity index is 1160. The number of methoxy groups -OCH3 is 1. The number of ether oxygens (including phenoxy) is 1. The van der Waals surface area contributed by atoms with Gasteiger partial charge >= 0.3 is 0 Å². The van der Waals surface area contributed by atoms with Crippen molar-refractivity contribution in [3.8, 4) is 11.5 Å². The average Bonchev–Trinajstić information content (AvgIpc) is 3.01. The van der Waals surface area contributed by atoms with Gasteiger partial charge in [0.05, 0.1) is 18.8 Å². The smallest absolute Gasteiger partial charge is 0.298 e. The summed E-state index contributed by atoms with van der Waals surface area (Å²) in [6, 6.07) is 12.0. The van der Waals surface area contributed by atoms with E-state index in [4.69, 9.17) is 4.74 Å². The normalized spacial score (nSPS) is 11.6. The summed E-state index contributed by atoms with van der Waals surface area (Å²) in [6.45, 7) is 0. The average molecular weight is 334 g/mol. The molecule has 4 rings (SSSR count). The Labute approximate surface area is 141 Å². The highest BCUT2D eigenvalue weighted by Crippen LogP contribution is 2.25. The molecular formula is C18H14N4O3. The fourth-order valence-electron chi connectivity index (χ4n) is 2.63. The molecule has 0 fully saturated rings. The third-order valence-corrected chi connectivity index (χ3v) is 3.92. The third kappa shape index (κ3) is 2.61. The lowest BCUT2D eigenvalue weighted by Gasteiger charge is -1.98. The number of phenols is 1. The van der Waals surface area contributed by atoms with E-state index >= 15 is 0 Å². The van der Waals surface area contributed by atoms with E-state index in [9.17, 15) is 9.90 Å². The predicted octanol–water partition coefficient (Wildman–Crippen LogP) is 2.47. The summed E-state index contributed by atoms with van der Waals surface area (Å²) in [7, 11) is 1.59. The van der Waals surface area contributed by atoms with Crippen LogP contribution in [0.1, 0.15) is 5.56 Å². The maximum Gasteiger partial charge on any atom is 0.298 e. The molecule has 0 amide bonds. The molecule has 0 aliphatic carbocycles. The molecule has 0 unspecified atom stereocenters. The van der Waals surface area contributed by atoms with Gasteiger partial charge in [0.1, 0.15) is 28.9 Å². The summed E-state index contributed by atoms with van der Waals surface area (Å²) in [5, 5.41) is 14.3. The molecule has 0 aliphatic rings. The van der Waals surface area contributed by atoms with Gasteiger partial charge in [-0.1, -0.05) is 0 Å². The van der Waals surface area contributed by atoms with Crippen LogP contribution in [0.2, 0.25) is 0 Å². The maximum absolute atomic E-state index is 12.6. The molecule has 2 N–H and O–H groups in total. The van der Waals surface area contributed by atoms with Crippen LogP contribution in [0.15, 0.2) is 58.7 Å². The highest BCUT2D eigenvalue weighted by atomic mass is 16.5. The molecule has 2 aromatic heterocycles. The first-order chi connectivity index (χ1) is 12.2. The molecule has 25 heavy (non-hydrogen) atoms. The van der Waals surface area contributed by atoms with Crippen molar-refractivity contribution in [3.05, 3.63) is 64.7 Å². The SMILES string of the molecule is COc1ccc2c(c1)[nH]c1c(=O)n(/N=C/c3ccc(O)cc3)cnc12. The van der Waals surface area contributed by atoms with Crippen LogP contribution in [-0.4, -0.2) is 33.1 Å². The van der Waals surface area contributed by atoms with Crippen molar-refractivity contribution in [3.63, 3.8) is 0 Å². The lowest BCUT2D eigenvalue weighted by molar-refractivity contribution is 0.415. The zero-order chi connectivity index (χ0) is 17.4. The van der Waals surface area contributed by atoms with Gasteiger partial charge in [0, 0.05) is 11.5 Å². The number of nitrogens with one attached hydrogen (secondary N) is 1. The van der Waals surface area contributed by atoms with Crippen molar-refractivity contribution >= 4 is 28.2 Å². The van der Waals surface area contributed by atoms with Gasteiger partial charge in [-0.15, -0.1) is 0 Å². The number of hydrogen-bond donors (Lipinski definition) is 2. The van der Waals surface area contributed by atoms with E-state index in [0.717, 1.165) is 16.5 Å². The molecule has 0 saturated carbocycles. The van der Waals surface area contributed by atoms with Crippen LogP contribution in [-0.2, 0) is 0 Å². The fraction of sp³-hybridized carbons (Fsp3) is 0.0556. The van der Waals surface area contributed by atoms with Crippen LogP contribution < -0.4 is 10.3 Å². The van der Waals surface area contributed by atoms with E-state index in [0.29, 0.717) is 16.8 Å². The highest BCUT2D eigenvalue weighted by Gasteiger charge is 2.11. The molecular weight excluding hydrogens is 320 g/mol. The Morgan fingerprint density at radius 1 is 1.24 bits per heavy atom. The second kappa shape index (κ2) is 5.79. The minimum Gasteiger partial charge on any atom is -0.508 e. The standard InChI is InChI=1S/C18H14N4O3/c1-25-13-6-7-14-15(8-13)21-17-16(14)19-10-22(18(17)24)20-9-11-2-4-12(23)5-3-11/h2-10,21,23H,1H3/b20-9+. The second-order valence-corrected chi connectivity index (χ2v) is 5.49. The topological polar surface area (TPSA) is 92.5 Å². The minimum absolute atomic E-state index is 0.172. The van der Waals surface area contributed by atoms with Crippen LogP contribution in [0.5, 0.6) is 11.5 Å². The monoisotopic (exact) mass is 334 g/mol. The summed E-state index contributed by atoms with van der Waals surface area (Å²) in [6.07, 6.45) is 2.92. The zero-order valence-corrected chi connectivity index (χ0v) is 13.3. The second-order valence-electron chi connectivity index (χ2n) is 5.49. The van der Waals surface area contributed by atoms with Crippen molar-refractivity contribution in [2.75, 3.05) is 7.11 Å². The van der Waals surface area contributed by atoms with E-state index < -0.39 is 0 Å². The Balaban J connectivity index is 1.80. The predicted molar refractivity (Wildman–Crippen MR) is 95.5 cm³/mol. The van der Waals surface area contributed by atoms with Gasteiger partial charge in [0.25, 0.3) is 5.56 Å². The van der Waals surface area contributed by atoms with Gasteiger partial charge in [-0.3, -0.25) is 4.79 Å². The minimum atomic E-state index is -0.296. The van der Waals surface area contributed by atoms with Crippen molar-refractivity contribution in [1.29, 1.82) is 0 Å². The van der Waals surface area contributed by atoms with Crippen LogP contribution >= 0.6 is 0 Å². The molecule has 0 atom stereocenters. The fourth-order valence-corrected chi connectivity index (χ4v) is 2.63. The Kier molecular flexibility index (Phi) is 3.46. The number of aromatic amines is 1. The number of aromatic nitrogens is 3. The van der Waals surface area contributed by atoms with Gasteiger partial charge in [0.2, 0.25) is 0 Å². The molecule has 0 aliphatic heterocycles. The lowest BCUT2D eigenvalue weighted by atomic mass is 10.2. The molecule has 0 radical (unpaired) electrons. The zero-order valence-electron chi connectivity index (χ0n) is 13.3. The third-order valence-electron chi connectivity index (χ3n) is 3.92. The summed E-state index contributed by atoms with van der Waals surface area (Å²) in [5.74, 6) is 0.871. The summed E-state index contributed by atoms with van der Waals surface area (Å²) in [4.78, 5) is 20.1.